The van der Waals surface area contributed by atoms with Gasteiger partial charge in [-0.3, -0.25) is 0 Å². The van der Waals surface area contributed by atoms with Gasteiger partial charge in [-0.1, -0.05) is 0 Å². The van der Waals surface area contributed by atoms with Crippen molar-refractivity contribution >= 4 is 34.4 Å². The van der Waals surface area contributed by atoms with Crippen molar-refractivity contribution in [1.82, 2.24) is 0 Å². The van der Waals surface area contributed by atoms with Gasteiger partial charge in [0.25, 0.3) is 0 Å². The largest absolute Gasteiger partial charge is 0 e. The van der Waals surface area contributed by atoms with E-state index < -0.39 is 11.9 Å². The summed E-state index contributed by atoms with van der Waals surface area (Å²) in [6.07, 6.45) is 46.1. The molecule has 0 nitrogen and oxygen atoms in total. The molecule has 0 spiro atoms. The van der Waals surface area contributed by atoms with Crippen LogP contribution in [0, 0.1) is 0 Å². The van der Waals surface area contributed by atoms with E-state index in [-0.39, 0.29) is 19.5 Å². The molecule has 0 radical (unpaired) electrons. The van der Waals surface area contributed by atoms with E-state index in [9.17, 15) is 22.5 Å². The molecule has 6 fully saturated rings. The average Bonchev–Trinajstić information content (AvgIpc) is 3.12. The van der Waals surface area contributed by atoms with Gasteiger partial charge in [-0.15, -0.1) is 0 Å². The Labute approximate surface area is 309 Å². The predicted molar refractivity (Wildman–Crippen MR) is 210 cm³/mol. The van der Waals surface area contributed by atoms with Crippen molar-refractivity contribution in [3.8, 4) is 0 Å². The van der Waals surface area contributed by atoms with Crippen molar-refractivity contribution in [3.05, 3.63) is 11.6 Å². The van der Waals surface area contributed by atoms with E-state index in [1.165, 1.54) is 193 Å². The van der Waals surface area contributed by atoms with Crippen molar-refractivity contribution in [2.24, 2.45) is 0 Å². The smallest absolute Gasteiger partial charge is 0 e. The first-order chi connectivity index (χ1) is 21.8. The first kappa shape index (κ1) is 39.0. The molecule has 5 heteroatoms. The molecular formula is C41H74Cl2P2Ru. The van der Waals surface area contributed by atoms with Crippen LogP contribution in [-0.4, -0.2) is 39.4 Å². The van der Waals surface area contributed by atoms with E-state index in [0.717, 1.165) is 34.0 Å². The van der Waals surface area contributed by atoms with Gasteiger partial charge in [0, 0.05) is 19.5 Å². The maximum Gasteiger partial charge on any atom is 0 e. The van der Waals surface area contributed by atoms with Crippen molar-refractivity contribution < 1.29 is 19.5 Å². The maximum atomic E-state index is 9.81. The second-order valence-electron chi connectivity index (χ2n) is 18.0. The number of hydrogen-bond donors (Lipinski definition) is 0. The summed E-state index contributed by atoms with van der Waals surface area (Å²) in [5.41, 5.74) is 6.21. The molecule has 0 N–H and O–H groups in total. The summed E-state index contributed by atoms with van der Waals surface area (Å²) in [7, 11) is 0. The minimum atomic E-state index is -2.97. The van der Waals surface area contributed by atoms with E-state index in [0.29, 0.717) is 5.40 Å². The predicted octanol–water partition coefficient (Wildman–Crippen LogP) is 15.7. The van der Waals surface area contributed by atoms with Gasteiger partial charge in [0.2, 0.25) is 0 Å². The molecule has 0 bridgehead atoms. The van der Waals surface area contributed by atoms with Gasteiger partial charge in [-0.25, -0.2) is 0 Å². The third-order valence-electron chi connectivity index (χ3n) is 15.7. The van der Waals surface area contributed by atoms with Crippen molar-refractivity contribution in [2.75, 3.05) is 0 Å². The standard InChI is InChI=1S/C41H74Cl2P2.Ru/c1-34(2)33-41(44(42,35-21-9-3-10-22-35,36-23-11-4-12-24-36)37-25-13-5-14-26-37)45(43,38-27-15-6-16-28-38,39-29-17-7-18-30-39)40-31-19-8-20-32-40;/h33,35-41H,3-32H2,1-2H3;. The van der Waals surface area contributed by atoms with E-state index >= 15 is 0 Å². The van der Waals surface area contributed by atoms with Crippen LogP contribution in [0.4, 0.5) is 0 Å². The van der Waals surface area contributed by atoms with Crippen molar-refractivity contribution in [3.63, 3.8) is 0 Å². The van der Waals surface area contributed by atoms with Crippen LogP contribution in [-0.2, 0) is 19.5 Å². The number of halogens is 2. The Morgan fingerprint density at radius 3 is 0.717 bits per heavy atom. The van der Waals surface area contributed by atoms with Crippen LogP contribution in [0.1, 0.15) is 206 Å². The van der Waals surface area contributed by atoms with Gasteiger partial charge in [0.1, 0.15) is 0 Å². The van der Waals surface area contributed by atoms with E-state index in [4.69, 9.17) is 0 Å². The van der Waals surface area contributed by atoms with Gasteiger partial charge in [0.05, 0.1) is 0 Å². The summed E-state index contributed by atoms with van der Waals surface area (Å²) in [6, 6.07) is 0. The molecule has 0 amide bonds. The molecule has 0 aromatic heterocycles. The topological polar surface area (TPSA) is 0 Å². The SMILES string of the molecule is CC(C)=CC(P(Cl)(C1CCCCC1)(C1CCCCC1)C1CCCCC1)P(Cl)(C1CCCCC1)(C1CCCCC1)C1CCCCC1.[Ru]. The van der Waals surface area contributed by atoms with Crippen LogP contribution in [0.3, 0.4) is 0 Å². The zero-order valence-corrected chi connectivity index (χ0v) is 35.4. The molecule has 0 aromatic rings. The first-order valence-electron chi connectivity index (χ1n) is 20.9. The Balaban J connectivity index is 0.00000417. The van der Waals surface area contributed by atoms with Crippen LogP contribution in [0.25, 0.3) is 0 Å². The Bertz CT molecular complexity index is 806. The molecular weight excluding hydrogens is 726 g/mol. The van der Waals surface area contributed by atoms with Crippen molar-refractivity contribution in [1.29, 1.82) is 0 Å². The molecule has 0 aliphatic heterocycles. The Morgan fingerprint density at radius 1 is 0.391 bits per heavy atom. The summed E-state index contributed by atoms with van der Waals surface area (Å²) >= 11 is 19.6. The van der Waals surface area contributed by atoms with E-state index in [1.807, 2.05) is 0 Å². The maximum absolute atomic E-state index is 9.81. The van der Waals surface area contributed by atoms with Gasteiger partial charge in [0.15, 0.2) is 0 Å². The minimum absolute atomic E-state index is 0. The summed E-state index contributed by atoms with van der Waals surface area (Å²) in [4.78, 5) is 0. The third-order valence-corrected chi connectivity index (χ3v) is 40.7. The fraction of sp³-hybridized carbons (Fsp3) is 0.951. The second-order valence-corrected chi connectivity index (χ2v) is 33.7. The number of rotatable bonds is 9. The zero-order chi connectivity index (χ0) is 31.4. The fourth-order valence-corrected chi connectivity index (χ4v) is 45.4. The van der Waals surface area contributed by atoms with Gasteiger partial charge in [-0.05, 0) is 0 Å². The molecule has 6 saturated carbocycles. The first-order valence-corrected chi connectivity index (χ1v) is 27.8. The van der Waals surface area contributed by atoms with E-state index in [2.05, 4.69) is 19.9 Å². The van der Waals surface area contributed by atoms with Gasteiger partial charge in [-0.2, -0.15) is 0 Å². The molecule has 46 heavy (non-hydrogen) atoms. The molecule has 0 unspecified atom stereocenters. The minimum Gasteiger partial charge on any atom is 0 e. The molecule has 0 heterocycles. The third kappa shape index (κ3) is 6.63. The van der Waals surface area contributed by atoms with Crippen LogP contribution in [0.5, 0.6) is 0 Å². The molecule has 6 rings (SSSR count). The molecule has 270 valence electrons. The van der Waals surface area contributed by atoms with Gasteiger partial charge >= 0.3 is 292 Å². The quantitative estimate of drug-likeness (QED) is 0.124. The normalized spacial score (nSPS) is 29.0. The van der Waals surface area contributed by atoms with E-state index in [1.54, 1.807) is 5.57 Å². The van der Waals surface area contributed by atoms with Crippen LogP contribution < -0.4 is 0 Å². The van der Waals surface area contributed by atoms with Crippen LogP contribution >= 0.6 is 34.4 Å². The molecule has 6 aliphatic rings. The molecule has 0 atom stereocenters. The second kappa shape index (κ2) is 16.6. The monoisotopic (exact) mass is 800 g/mol. The summed E-state index contributed by atoms with van der Waals surface area (Å²) in [5, 5.41) is 0.541. The molecule has 0 aromatic carbocycles. The summed E-state index contributed by atoms with van der Waals surface area (Å²) < 4.78 is 0. The average molecular weight is 801 g/mol. The van der Waals surface area contributed by atoms with Gasteiger partial charge < -0.3 is 0 Å². The van der Waals surface area contributed by atoms with Crippen LogP contribution in [0.2, 0.25) is 0 Å². The summed E-state index contributed by atoms with van der Waals surface area (Å²) in [5.74, 6) is -5.95. The molecule has 6 aliphatic carbocycles. The Morgan fingerprint density at radius 2 is 0.565 bits per heavy atom. The number of hydrogen-bond acceptors (Lipinski definition) is 0. The zero-order valence-electron chi connectivity index (χ0n) is 30.3. The summed E-state index contributed by atoms with van der Waals surface area (Å²) in [6.45, 7) is 4.96. The Hall–Kier alpha value is 1.80. The molecule has 0 saturated heterocycles. The Kier molecular flexibility index (Phi) is 14.1. The van der Waals surface area contributed by atoms with Crippen LogP contribution in [0.15, 0.2) is 11.6 Å². The fourth-order valence-electron chi connectivity index (χ4n) is 14.0. The van der Waals surface area contributed by atoms with Crippen molar-refractivity contribution in [2.45, 2.75) is 246 Å². The number of allylic oxidation sites excluding steroid dienone is 2.